The molecule has 0 aliphatic carbocycles. The van der Waals surface area contributed by atoms with Crippen molar-refractivity contribution in [3.8, 4) is 9.75 Å². The standard InChI is InChI=1S/C16H21S2.C9H19.2CH3.Sn/c1-2-3-4-5-6-7-9-14-12-16(18-13-14)15-10-8-11-17-15;1-3-5-7-9-8-6-4-2;;;/h8,10-12H,2-7,9H2,1H3;1,3-9H2,2H3;2*1H3;. The summed E-state index contributed by atoms with van der Waals surface area (Å²) in [6.45, 7) is 4.62. The quantitative estimate of drug-likeness (QED) is 0.135. The van der Waals surface area contributed by atoms with Gasteiger partial charge >= 0.3 is 201 Å². The molecule has 0 saturated carbocycles. The number of aryl methyl sites for hydroxylation is 1. The maximum atomic E-state index is 2.71. The molecule has 0 bridgehead atoms. The second-order valence-corrected chi connectivity index (χ2v) is 26.4. The molecule has 0 nitrogen and oxygen atoms in total. The van der Waals surface area contributed by atoms with E-state index in [4.69, 9.17) is 0 Å². The number of unbranched alkanes of at least 4 members (excludes halogenated alkanes) is 11. The van der Waals surface area contributed by atoms with Crippen molar-refractivity contribution >= 4 is 43.9 Å². The summed E-state index contributed by atoms with van der Waals surface area (Å²) in [4.78, 5) is 8.44. The number of rotatable bonds is 17. The second kappa shape index (κ2) is 15.1. The van der Waals surface area contributed by atoms with Crippen molar-refractivity contribution < 1.29 is 0 Å². The minimum absolute atomic E-state index is 1.32. The fourth-order valence-corrected chi connectivity index (χ4v) is 17.4. The maximum absolute atomic E-state index is 2.71. The van der Waals surface area contributed by atoms with Crippen molar-refractivity contribution in [1.82, 2.24) is 0 Å². The average molecular weight is 554 g/mol. The fraction of sp³-hybridized carbons (Fsp3) is 0.704. The van der Waals surface area contributed by atoms with E-state index in [2.05, 4.69) is 58.6 Å². The van der Waals surface area contributed by atoms with Gasteiger partial charge in [-0.25, -0.2) is 0 Å². The summed E-state index contributed by atoms with van der Waals surface area (Å²) < 4.78 is 3.42. The van der Waals surface area contributed by atoms with E-state index in [1.54, 1.807) is 10.4 Å². The van der Waals surface area contributed by atoms with Crippen LogP contribution < -0.4 is 2.89 Å². The monoisotopic (exact) mass is 554 g/mol. The third-order valence-corrected chi connectivity index (χ3v) is 22.0. The molecule has 170 valence electrons. The molecule has 2 rings (SSSR count). The summed E-state index contributed by atoms with van der Waals surface area (Å²) in [6.07, 6.45) is 19.8. The van der Waals surface area contributed by atoms with E-state index >= 15 is 0 Å². The molecule has 0 atom stereocenters. The van der Waals surface area contributed by atoms with Gasteiger partial charge in [0.05, 0.1) is 0 Å². The van der Waals surface area contributed by atoms with Crippen molar-refractivity contribution in [2.45, 2.75) is 118 Å². The van der Waals surface area contributed by atoms with Gasteiger partial charge in [0, 0.05) is 0 Å². The molecule has 0 amide bonds. The van der Waals surface area contributed by atoms with Crippen LogP contribution in [-0.2, 0) is 6.42 Å². The molecular formula is C27H46S2Sn. The third kappa shape index (κ3) is 9.36. The first kappa shape index (κ1) is 26.5. The first-order chi connectivity index (χ1) is 14.6. The Morgan fingerprint density at radius 2 is 1.33 bits per heavy atom. The van der Waals surface area contributed by atoms with Crippen LogP contribution in [0, 0.1) is 0 Å². The molecule has 2 aromatic rings. The van der Waals surface area contributed by atoms with E-state index in [1.807, 2.05) is 14.2 Å². The van der Waals surface area contributed by atoms with Gasteiger partial charge in [-0.1, -0.05) is 0 Å². The van der Waals surface area contributed by atoms with E-state index in [0.717, 1.165) is 0 Å². The molecule has 0 radical (unpaired) electrons. The van der Waals surface area contributed by atoms with Gasteiger partial charge < -0.3 is 0 Å². The number of hydrogen-bond acceptors (Lipinski definition) is 2. The number of hydrogen-bond donors (Lipinski definition) is 0. The van der Waals surface area contributed by atoms with Crippen LogP contribution in [0.3, 0.4) is 0 Å². The van der Waals surface area contributed by atoms with Gasteiger partial charge in [0.2, 0.25) is 0 Å². The van der Waals surface area contributed by atoms with E-state index in [0.29, 0.717) is 0 Å². The van der Waals surface area contributed by atoms with Crippen LogP contribution in [-0.4, -0.2) is 18.4 Å². The summed E-state index contributed by atoms with van der Waals surface area (Å²) in [6, 6.07) is 7.11. The Hall–Kier alpha value is 0.199. The Bertz CT molecular complexity index is 669. The van der Waals surface area contributed by atoms with E-state index in [9.17, 15) is 0 Å². The summed E-state index contributed by atoms with van der Waals surface area (Å²) >= 11 is 1.89. The summed E-state index contributed by atoms with van der Waals surface area (Å²) in [5.41, 5.74) is 1.74. The molecule has 0 unspecified atom stereocenters. The predicted molar refractivity (Wildman–Crippen MR) is 145 cm³/mol. The van der Waals surface area contributed by atoms with E-state index in [1.165, 1.54) is 99.2 Å². The van der Waals surface area contributed by atoms with Gasteiger partial charge in [-0.15, -0.1) is 0 Å². The topological polar surface area (TPSA) is 0 Å². The minimum atomic E-state index is -2.20. The summed E-state index contributed by atoms with van der Waals surface area (Å²) in [7, 11) is 0. The molecule has 0 aromatic carbocycles. The molecule has 3 heteroatoms. The van der Waals surface area contributed by atoms with Gasteiger partial charge in [0.15, 0.2) is 0 Å². The van der Waals surface area contributed by atoms with Crippen LogP contribution in [0.15, 0.2) is 23.6 Å². The Labute approximate surface area is 199 Å². The van der Waals surface area contributed by atoms with E-state index < -0.39 is 18.4 Å². The number of thiophene rings is 2. The molecule has 2 heterocycles. The Kier molecular flexibility index (Phi) is 13.3. The molecule has 2 aromatic heterocycles. The van der Waals surface area contributed by atoms with Crippen molar-refractivity contribution in [2.24, 2.45) is 0 Å². The first-order valence-corrected chi connectivity index (χ1v) is 23.6. The summed E-state index contributed by atoms with van der Waals surface area (Å²) in [5.74, 6) is 0. The van der Waals surface area contributed by atoms with Crippen LogP contribution >= 0.6 is 22.7 Å². The van der Waals surface area contributed by atoms with Gasteiger partial charge in [-0.3, -0.25) is 0 Å². The van der Waals surface area contributed by atoms with Crippen LogP contribution in [0.2, 0.25) is 14.3 Å². The van der Waals surface area contributed by atoms with Gasteiger partial charge in [-0.05, 0) is 0 Å². The zero-order valence-corrected chi connectivity index (χ0v) is 24.7. The first-order valence-electron chi connectivity index (χ1n) is 12.8. The molecule has 0 aliphatic heterocycles. The van der Waals surface area contributed by atoms with Gasteiger partial charge in [0.1, 0.15) is 0 Å². The molecule has 0 spiro atoms. The average Bonchev–Trinajstić information content (AvgIpc) is 3.40. The van der Waals surface area contributed by atoms with Crippen LogP contribution in [0.5, 0.6) is 0 Å². The van der Waals surface area contributed by atoms with Crippen LogP contribution in [0.4, 0.5) is 0 Å². The van der Waals surface area contributed by atoms with Crippen molar-refractivity contribution in [3.05, 3.63) is 29.1 Å². The zero-order valence-electron chi connectivity index (χ0n) is 20.2. The van der Waals surface area contributed by atoms with Crippen molar-refractivity contribution in [3.63, 3.8) is 0 Å². The molecule has 30 heavy (non-hydrogen) atoms. The third-order valence-electron chi connectivity index (χ3n) is 6.39. The molecular weight excluding hydrogens is 507 g/mol. The fourth-order valence-electron chi connectivity index (χ4n) is 4.46. The molecule has 0 aliphatic rings. The molecule has 0 fully saturated rings. The van der Waals surface area contributed by atoms with Crippen molar-refractivity contribution in [2.75, 3.05) is 0 Å². The zero-order chi connectivity index (χ0) is 21.7. The molecule has 0 N–H and O–H groups in total. The second-order valence-electron chi connectivity index (χ2n) is 9.72. The Morgan fingerprint density at radius 3 is 1.93 bits per heavy atom. The summed E-state index contributed by atoms with van der Waals surface area (Å²) in [5, 5.41) is 2.23. The van der Waals surface area contributed by atoms with E-state index in [-0.39, 0.29) is 0 Å². The Morgan fingerprint density at radius 1 is 0.733 bits per heavy atom. The van der Waals surface area contributed by atoms with Crippen LogP contribution in [0.25, 0.3) is 9.75 Å². The van der Waals surface area contributed by atoms with Crippen LogP contribution in [0.1, 0.15) is 103 Å². The SMILES string of the molecule is CCCCCCCC[CH2][Sn]([CH3])([CH3])[c]1sc(-c2cccs2)cc1CCCCCCCC. The Balaban J connectivity index is 1.95. The van der Waals surface area contributed by atoms with Gasteiger partial charge in [-0.2, -0.15) is 0 Å². The normalized spacial score (nSPS) is 12.0. The van der Waals surface area contributed by atoms with Crippen molar-refractivity contribution in [1.29, 1.82) is 0 Å². The predicted octanol–water partition coefficient (Wildman–Crippen LogP) is 10.0. The molecule has 0 saturated heterocycles. The van der Waals surface area contributed by atoms with Gasteiger partial charge in [0.25, 0.3) is 0 Å².